The monoisotopic (exact) mass is 239 g/mol. The van der Waals surface area contributed by atoms with E-state index in [0.29, 0.717) is 5.92 Å². The van der Waals surface area contributed by atoms with Crippen LogP contribution in [0.2, 0.25) is 0 Å². The second-order valence-electron chi connectivity index (χ2n) is 4.38. The summed E-state index contributed by atoms with van der Waals surface area (Å²) in [6.45, 7) is 4.43. The zero-order chi connectivity index (χ0) is 11.6. The molecule has 0 heterocycles. The topological polar surface area (TPSA) is 12.0 Å². The Morgan fingerprint density at radius 1 is 1.25 bits per heavy atom. The number of alkyl halides is 1. The van der Waals surface area contributed by atoms with E-state index in [1.807, 2.05) is 0 Å². The van der Waals surface area contributed by atoms with Gasteiger partial charge >= 0.3 is 0 Å². The summed E-state index contributed by atoms with van der Waals surface area (Å²) in [4.78, 5) is 0. The molecular weight excluding hydrogens is 218 g/mol. The molecule has 1 N–H and O–H groups in total. The van der Waals surface area contributed by atoms with Gasteiger partial charge in [0.05, 0.1) is 0 Å². The summed E-state index contributed by atoms with van der Waals surface area (Å²) in [5, 5.41) is 3.48. The number of aryl methyl sites for hydroxylation is 1. The zero-order valence-electron chi connectivity index (χ0n) is 10.1. The number of rotatable bonds is 8. The maximum atomic E-state index is 5.69. The van der Waals surface area contributed by atoms with E-state index in [1.165, 1.54) is 12.0 Å². The lowest BCUT2D eigenvalue weighted by Crippen LogP contribution is -2.22. The molecule has 1 unspecified atom stereocenters. The molecule has 0 saturated heterocycles. The van der Waals surface area contributed by atoms with E-state index in [4.69, 9.17) is 11.6 Å². The van der Waals surface area contributed by atoms with Gasteiger partial charge in [0.2, 0.25) is 0 Å². The predicted molar refractivity (Wildman–Crippen MR) is 72.1 cm³/mol. The third-order valence-corrected chi connectivity index (χ3v) is 2.97. The summed E-state index contributed by atoms with van der Waals surface area (Å²) in [5.74, 6) is 1.46. The number of halogens is 1. The van der Waals surface area contributed by atoms with Crippen LogP contribution in [0.15, 0.2) is 30.3 Å². The molecule has 1 aromatic carbocycles. The lowest BCUT2D eigenvalue weighted by atomic mass is 10.1. The lowest BCUT2D eigenvalue weighted by molar-refractivity contribution is 0.498. The van der Waals surface area contributed by atoms with E-state index in [1.54, 1.807) is 0 Å². The summed E-state index contributed by atoms with van der Waals surface area (Å²) in [6, 6.07) is 10.7. The standard InChI is InChI=1S/C14H22ClN/c1-13(9-10-15)12-16-11-5-8-14-6-3-2-4-7-14/h2-4,6-7,13,16H,5,8-12H2,1H3. The summed E-state index contributed by atoms with van der Waals surface area (Å²) in [7, 11) is 0. The SMILES string of the molecule is CC(CCCl)CNCCCc1ccccc1. The number of hydrogen-bond donors (Lipinski definition) is 1. The molecule has 0 amide bonds. The highest BCUT2D eigenvalue weighted by Crippen LogP contribution is 2.03. The van der Waals surface area contributed by atoms with Crippen molar-refractivity contribution in [1.82, 2.24) is 5.32 Å². The number of benzene rings is 1. The van der Waals surface area contributed by atoms with Gasteiger partial charge in [-0.15, -0.1) is 11.6 Å². The summed E-state index contributed by atoms with van der Waals surface area (Å²) in [5.41, 5.74) is 1.43. The van der Waals surface area contributed by atoms with Crippen molar-refractivity contribution in [2.24, 2.45) is 5.92 Å². The summed E-state index contributed by atoms with van der Waals surface area (Å²) in [6.07, 6.45) is 3.47. The Labute approximate surface area is 104 Å². The molecular formula is C14H22ClN. The highest BCUT2D eigenvalue weighted by Gasteiger charge is 1.99. The van der Waals surface area contributed by atoms with Crippen LogP contribution in [0.3, 0.4) is 0 Å². The first kappa shape index (κ1) is 13.5. The molecule has 0 spiro atoms. The Morgan fingerprint density at radius 2 is 2.00 bits per heavy atom. The molecule has 0 aliphatic rings. The Balaban J connectivity index is 2.00. The molecule has 0 saturated carbocycles. The van der Waals surface area contributed by atoms with Crippen LogP contribution in [0.1, 0.15) is 25.3 Å². The van der Waals surface area contributed by atoms with Gasteiger partial charge in [-0.2, -0.15) is 0 Å². The lowest BCUT2D eigenvalue weighted by Gasteiger charge is -2.10. The Morgan fingerprint density at radius 3 is 2.69 bits per heavy atom. The number of hydrogen-bond acceptors (Lipinski definition) is 1. The second-order valence-corrected chi connectivity index (χ2v) is 4.75. The third-order valence-electron chi connectivity index (χ3n) is 2.76. The van der Waals surface area contributed by atoms with Crippen molar-refractivity contribution in [3.63, 3.8) is 0 Å². The largest absolute Gasteiger partial charge is 0.316 e. The van der Waals surface area contributed by atoms with Crippen LogP contribution < -0.4 is 5.32 Å². The normalized spacial score (nSPS) is 12.6. The molecule has 0 radical (unpaired) electrons. The Bertz CT molecular complexity index is 261. The van der Waals surface area contributed by atoms with Crippen molar-refractivity contribution >= 4 is 11.6 Å². The highest BCUT2D eigenvalue weighted by molar-refractivity contribution is 6.17. The van der Waals surface area contributed by atoms with Gasteiger partial charge in [0, 0.05) is 5.88 Å². The van der Waals surface area contributed by atoms with Gasteiger partial charge in [-0.3, -0.25) is 0 Å². The van der Waals surface area contributed by atoms with Crippen LogP contribution in [-0.4, -0.2) is 19.0 Å². The quantitative estimate of drug-likeness (QED) is 0.541. The molecule has 0 aliphatic carbocycles. The molecule has 90 valence electrons. The van der Waals surface area contributed by atoms with E-state index < -0.39 is 0 Å². The van der Waals surface area contributed by atoms with Crippen molar-refractivity contribution in [2.75, 3.05) is 19.0 Å². The highest BCUT2D eigenvalue weighted by atomic mass is 35.5. The minimum atomic E-state index is 0.689. The molecule has 0 bridgehead atoms. The van der Waals surface area contributed by atoms with Gasteiger partial charge in [-0.05, 0) is 43.8 Å². The Kier molecular flexibility index (Phi) is 7.28. The maximum absolute atomic E-state index is 5.69. The Hall–Kier alpha value is -0.530. The first-order valence-corrected chi connectivity index (χ1v) is 6.67. The van der Waals surface area contributed by atoms with Crippen molar-refractivity contribution in [2.45, 2.75) is 26.2 Å². The maximum Gasteiger partial charge on any atom is 0.0226 e. The van der Waals surface area contributed by atoms with Crippen molar-refractivity contribution in [1.29, 1.82) is 0 Å². The zero-order valence-corrected chi connectivity index (χ0v) is 10.8. The molecule has 1 nitrogen and oxygen atoms in total. The van der Waals surface area contributed by atoms with E-state index in [0.717, 1.165) is 31.8 Å². The van der Waals surface area contributed by atoms with Crippen LogP contribution in [0.4, 0.5) is 0 Å². The molecule has 0 aliphatic heterocycles. The van der Waals surface area contributed by atoms with Gasteiger partial charge < -0.3 is 5.32 Å². The van der Waals surface area contributed by atoms with Gasteiger partial charge in [-0.1, -0.05) is 37.3 Å². The van der Waals surface area contributed by atoms with Crippen molar-refractivity contribution in [3.05, 3.63) is 35.9 Å². The molecule has 0 fully saturated rings. The summed E-state index contributed by atoms with van der Waals surface area (Å²) < 4.78 is 0. The average molecular weight is 240 g/mol. The van der Waals surface area contributed by atoms with Crippen LogP contribution in [0.25, 0.3) is 0 Å². The van der Waals surface area contributed by atoms with Crippen LogP contribution in [0.5, 0.6) is 0 Å². The predicted octanol–water partition coefficient (Wildman–Crippen LogP) is 3.47. The minimum absolute atomic E-state index is 0.689. The van der Waals surface area contributed by atoms with Crippen LogP contribution in [0, 0.1) is 5.92 Å². The molecule has 16 heavy (non-hydrogen) atoms. The third kappa shape index (κ3) is 6.14. The van der Waals surface area contributed by atoms with E-state index in [9.17, 15) is 0 Å². The second kappa shape index (κ2) is 8.60. The summed E-state index contributed by atoms with van der Waals surface area (Å²) >= 11 is 5.69. The minimum Gasteiger partial charge on any atom is -0.316 e. The van der Waals surface area contributed by atoms with E-state index in [-0.39, 0.29) is 0 Å². The fourth-order valence-electron chi connectivity index (χ4n) is 1.70. The van der Waals surface area contributed by atoms with Gasteiger partial charge in [0.15, 0.2) is 0 Å². The fourth-order valence-corrected chi connectivity index (χ4v) is 2.07. The molecule has 1 aromatic rings. The molecule has 1 rings (SSSR count). The smallest absolute Gasteiger partial charge is 0.0226 e. The fraction of sp³-hybridized carbons (Fsp3) is 0.571. The first-order valence-electron chi connectivity index (χ1n) is 6.13. The van der Waals surface area contributed by atoms with E-state index in [2.05, 4.69) is 42.6 Å². The molecule has 2 heteroatoms. The van der Waals surface area contributed by atoms with Crippen molar-refractivity contribution in [3.8, 4) is 0 Å². The van der Waals surface area contributed by atoms with Crippen molar-refractivity contribution < 1.29 is 0 Å². The average Bonchev–Trinajstić information content (AvgIpc) is 2.30. The molecule has 0 aromatic heterocycles. The molecule has 1 atom stereocenters. The first-order chi connectivity index (χ1) is 7.83. The van der Waals surface area contributed by atoms with Gasteiger partial charge in [0.25, 0.3) is 0 Å². The number of nitrogens with one attached hydrogen (secondary N) is 1. The van der Waals surface area contributed by atoms with Gasteiger partial charge in [-0.25, -0.2) is 0 Å². The van der Waals surface area contributed by atoms with Crippen LogP contribution >= 0.6 is 11.6 Å². The van der Waals surface area contributed by atoms with E-state index >= 15 is 0 Å². The van der Waals surface area contributed by atoms with Crippen LogP contribution in [-0.2, 0) is 6.42 Å². The van der Waals surface area contributed by atoms with Gasteiger partial charge in [0.1, 0.15) is 0 Å².